The van der Waals surface area contributed by atoms with Crippen LogP contribution in [0.1, 0.15) is 15.5 Å². The maximum absolute atomic E-state index is 11.8. The maximum Gasteiger partial charge on any atom is 0.273 e. The highest BCUT2D eigenvalue weighted by molar-refractivity contribution is 7.09. The van der Waals surface area contributed by atoms with E-state index >= 15 is 0 Å². The smallest absolute Gasteiger partial charge is 0.273 e. The van der Waals surface area contributed by atoms with Crippen molar-refractivity contribution >= 4 is 17.2 Å². The van der Waals surface area contributed by atoms with Gasteiger partial charge in [-0.05, 0) is 6.92 Å². The summed E-state index contributed by atoms with van der Waals surface area (Å²) in [6, 6.07) is 0.338. The van der Waals surface area contributed by atoms with E-state index in [4.69, 9.17) is 0 Å². The lowest BCUT2D eigenvalue weighted by Crippen LogP contribution is -2.57. The quantitative estimate of drug-likeness (QED) is 0.774. The molecule has 0 aromatic carbocycles. The Morgan fingerprint density at radius 1 is 1.71 bits per heavy atom. The number of aryl methyl sites for hydroxylation is 1. The molecule has 1 aliphatic rings. The highest BCUT2D eigenvalue weighted by Gasteiger charge is 2.26. The number of carbonyl (C=O) groups is 1. The molecule has 0 radical (unpaired) electrons. The van der Waals surface area contributed by atoms with Crippen LogP contribution in [-0.4, -0.2) is 42.0 Å². The van der Waals surface area contributed by atoms with Crippen LogP contribution in [0.15, 0.2) is 5.38 Å². The topological polar surface area (TPSA) is 45.2 Å². The van der Waals surface area contributed by atoms with Crippen LogP contribution in [0.2, 0.25) is 0 Å². The van der Waals surface area contributed by atoms with Crippen molar-refractivity contribution in [3.8, 4) is 0 Å². The summed E-state index contributed by atoms with van der Waals surface area (Å²) < 4.78 is 0. The summed E-state index contributed by atoms with van der Waals surface area (Å²) >= 11 is 1.51. The lowest BCUT2D eigenvalue weighted by atomic mass is 10.1. The summed E-state index contributed by atoms with van der Waals surface area (Å²) in [7, 11) is 1.84. The number of thiazole rings is 1. The number of aromatic nitrogens is 1. The molecule has 1 N–H and O–H groups in total. The van der Waals surface area contributed by atoms with E-state index in [9.17, 15) is 4.79 Å². The molecule has 1 saturated heterocycles. The van der Waals surface area contributed by atoms with Gasteiger partial charge in [-0.3, -0.25) is 4.79 Å². The predicted molar refractivity (Wildman–Crippen MR) is 55.6 cm³/mol. The Balaban J connectivity index is 2.07. The molecule has 0 bridgehead atoms. The average molecular weight is 211 g/mol. The fraction of sp³-hybridized carbons (Fsp3) is 0.556. The second-order valence-electron chi connectivity index (χ2n) is 3.48. The van der Waals surface area contributed by atoms with E-state index in [1.165, 1.54) is 11.3 Å². The Hall–Kier alpha value is -0.940. The molecule has 1 aromatic heterocycles. The third-order valence-corrected chi connectivity index (χ3v) is 3.24. The summed E-state index contributed by atoms with van der Waals surface area (Å²) in [6.45, 7) is 3.70. The van der Waals surface area contributed by atoms with Crippen LogP contribution in [0.25, 0.3) is 0 Å². The Kier molecular flexibility index (Phi) is 2.52. The Morgan fingerprint density at radius 2 is 2.43 bits per heavy atom. The van der Waals surface area contributed by atoms with Gasteiger partial charge in [0.05, 0.1) is 11.0 Å². The van der Waals surface area contributed by atoms with Crippen molar-refractivity contribution in [2.75, 3.05) is 20.1 Å². The summed E-state index contributed by atoms with van der Waals surface area (Å²) in [5.74, 6) is 0.0286. The van der Waals surface area contributed by atoms with Crippen LogP contribution in [-0.2, 0) is 0 Å². The van der Waals surface area contributed by atoms with Gasteiger partial charge in [0.25, 0.3) is 5.91 Å². The summed E-state index contributed by atoms with van der Waals surface area (Å²) in [6.07, 6.45) is 0. The third-order valence-electron chi connectivity index (χ3n) is 2.47. The van der Waals surface area contributed by atoms with Gasteiger partial charge in [-0.25, -0.2) is 4.98 Å². The molecule has 2 heterocycles. The van der Waals surface area contributed by atoms with Gasteiger partial charge in [0.15, 0.2) is 0 Å². The van der Waals surface area contributed by atoms with Gasteiger partial charge < -0.3 is 10.2 Å². The fourth-order valence-corrected chi connectivity index (χ4v) is 1.94. The molecule has 0 atom stereocenters. The first-order chi connectivity index (χ1) is 6.68. The van der Waals surface area contributed by atoms with Gasteiger partial charge >= 0.3 is 0 Å². The number of hydrogen-bond donors (Lipinski definition) is 1. The molecule has 0 aliphatic carbocycles. The van der Waals surface area contributed by atoms with Crippen LogP contribution < -0.4 is 5.32 Å². The lowest BCUT2D eigenvalue weighted by Gasteiger charge is -2.35. The van der Waals surface area contributed by atoms with Crippen molar-refractivity contribution in [1.82, 2.24) is 15.2 Å². The number of likely N-dealkylation sites (N-methyl/N-ethyl adjacent to an activating group) is 1. The van der Waals surface area contributed by atoms with Crippen LogP contribution in [0.4, 0.5) is 0 Å². The second-order valence-corrected chi connectivity index (χ2v) is 4.54. The van der Waals surface area contributed by atoms with Gasteiger partial charge in [-0.2, -0.15) is 0 Å². The van der Waals surface area contributed by atoms with Crippen molar-refractivity contribution < 1.29 is 4.79 Å². The molecule has 0 spiro atoms. The SMILES string of the molecule is Cc1nc(C(=O)N(C)C2CNC2)cs1. The average Bonchev–Trinajstić information content (AvgIpc) is 2.47. The standard InChI is InChI=1S/C9H13N3OS/c1-6-11-8(5-14-6)9(13)12(2)7-3-10-4-7/h5,7,10H,3-4H2,1-2H3. The molecular formula is C9H13N3OS. The van der Waals surface area contributed by atoms with Gasteiger partial charge in [-0.1, -0.05) is 0 Å². The molecule has 1 amide bonds. The minimum atomic E-state index is 0.0286. The lowest BCUT2D eigenvalue weighted by molar-refractivity contribution is 0.0676. The summed E-state index contributed by atoms with van der Waals surface area (Å²) in [5.41, 5.74) is 0.571. The molecule has 14 heavy (non-hydrogen) atoms. The van der Waals surface area contributed by atoms with Crippen molar-refractivity contribution in [1.29, 1.82) is 0 Å². The number of carbonyl (C=O) groups excluding carboxylic acids is 1. The monoisotopic (exact) mass is 211 g/mol. The Labute approximate surface area is 86.9 Å². The number of hydrogen-bond acceptors (Lipinski definition) is 4. The van der Waals surface area contributed by atoms with Gasteiger partial charge in [0, 0.05) is 25.5 Å². The number of rotatable bonds is 2. The first kappa shape index (κ1) is 9.61. The highest BCUT2D eigenvalue weighted by Crippen LogP contribution is 2.12. The van der Waals surface area contributed by atoms with Crippen LogP contribution >= 0.6 is 11.3 Å². The minimum absolute atomic E-state index is 0.0286. The summed E-state index contributed by atoms with van der Waals surface area (Å²) in [4.78, 5) is 17.8. The Morgan fingerprint density at radius 3 is 2.86 bits per heavy atom. The van der Waals surface area contributed by atoms with E-state index < -0.39 is 0 Å². The molecule has 1 fully saturated rings. The summed E-state index contributed by atoms with van der Waals surface area (Å²) in [5, 5.41) is 5.90. The molecule has 2 rings (SSSR count). The molecule has 1 aromatic rings. The number of amides is 1. The zero-order valence-corrected chi connectivity index (χ0v) is 9.10. The highest BCUT2D eigenvalue weighted by atomic mass is 32.1. The zero-order chi connectivity index (χ0) is 10.1. The van der Waals surface area contributed by atoms with Crippen LogP contribution in [0.5, 0.6) is 0 Å². The molecule has 5 heteroatoms. The van der Waals surface area contributed by atoms with Crippen molar-refractivity contribution in [2.45, 2.75) is 13.0 Å². The van der Waals surface area contributed by atoms with E-state index in [2.05, 4.69) is 10.3 Å². The van der Waals surface area contributed by atoms with Crippen LogP contribution in [0.3, 0.4) is 0 Å². The first-order valence-corrected chi connectivity index (χ1v) is 5.46. The third kappa shape index (κ3) is 1.65. The Bertz CT molecular complexity index is 346. The van der Waals surface area contributed by atoms with Crippen LogP contribution in [0, 0.1) is 6.92 Å². The zero-order valence-electron chi connectivity index (χ0n) is 8.28. The van der Waals surface area contributed by atoms with Crippen molar-refractivity contribution in [2.24, 2.45) is 0 Å². The van der Waals surface area contributed by atoms with Crippen molar-refractivity contribution in [3.63, 3.8) is 0 Å². The number of nitrogens with one attached hydrogen (secondary N) is 1. The molecule has 76 valence electrons. The van der Waals surface area contributed by atoms with E-state index in [0.717, 1.165) is 18.1 Å². The van der Waals surface area contributed by atoms with E-state index in [0.29, 0.717) is 11.7 Å². The van der Waals surface area contributed by atoms with Gasteiger partial charge in [0.2, 0.25) is 0 Å². The van der Waals surface area contributed by atoms with Gasteiger partial charge in [-0.15, -0.1) is 11.3 Å². The first-order valence-electron chi connectivity index (χ1n) is 4.58. The second kappa shape index (κ2) is 3.67. The fourth-order valence-electron chi connectivity index (χ4n) is 1.36. The normalized spacial score (nSPS) is 16.4. The number of nitrogens with zero attached hydrogens (tertiary/aromatic N) is 2. The molecule has 4 nitrogen and oxygen atoms in total. The molecule has 0 saturated carbocycles. The van der Waals surface area contributed by atoms with Gasteiger partial charge in [0.1, 0.15) is 5.69 Å². The van der Waals surface area contributed by atoms with E-state index in [1.807, 2.05) is 19.4 Å². The molecule has 1 aliphatic heterocycles. The molecule has 0 unspecified atom stereocenters. The minimum Gasteiger partial charge on any atom is -0.335 e. The maximum atomic E-state index is 11.8. The predicted octanol–water partition coefficient (Wildman–Crippen LogP) is 0.495. The molecular weight excluding hydrogens is 198 g/mol. The van der Waals surface area contributed by atoms with Crippen molar-refractivity contribution in [3.05, 3.63) is 16.1 Å². The van der Waals surface area contributed by atoms with E-state index in [1.54, 1.807) is 4.90 Å². The largest absolute Gasteiger partial charge is 0.335 e. The van der Waals surface area contributed by atoms with E-state index in [-0.39, 0.29) is 5.91 Å².